The standard InChI is InChI=1S/C20H18ClN3O3/c1-12-4-7-18(13(2)8-12)24(14(3)25)22-10-15-11-23(20(26)27)19-9-16(21)5-6-17(15)19/h4-11H,1-3H3,(H,26,27)/b22-10+. The Morgan fingerprint density at radius 2 is 1.93 bits per heavy atom. The second-order valence-electron chi connectivity index (χ2n) is 6.26. The van der Waals surface area contributed by atoms with Crippen LogP contribution in [0.3, 0.4) is 0 Å². The van der Waals surface area contributed by atoms with Crippen LogP contribution in [0.4, 0.5) is 10.5 Å². The Bertz CT molecular complexity index is 1090. The maximum Gasteiger partial charge on any atom is 0.416 e. The van der Waals surface area contributed by atoms with Crippen molar-refractivity contribution >= 4 is 46.4 Å². The predicted molar refractivity (Wildman–Crippen MR) is 107 cm³/mol. The molecule has 27 heavy (non-hydrogen) atoms. The van der Waals surface area contributed by atoms with Crippen LogP contribution in [0.2, 0.25) is 5.02 Å². The highest BCUT2D eigenvalue weighted by molar-refractivity contribution is 6.31. The molecule has 0 unspecified atom stereocenters. The summed E-state index contributed by atoms with van der Waals surface area (Å²) >= 11 is 5.99. The monoisotopic (exact) mass is 383 g/mol. The zero-order valence-corrected chi connectivity index (χ0v) is 15.9. The topological polar surface area (TPSA) is 74.9 Å². The molecule has 1 amide bonds. The number of hydrazone groups is 1. The van der Waals surface area contributed by atoms with E-state index in [1.807, 2.05) is 32.0 Å². The van der Waals surface area contributed by atoms with E-state index in [0.717, 1.165) is 15.7 Å². The van der Waals surface area contributed by atoms with Crippen molar-refractivity contribution in [2.75, 3.05) is 5.01 Å². The molecule has 6 nitrogen and oxygen atoms in total. The lowest BCUT2D eigenvalue weighted by molar-refractivity contribution is -0.116. The average Bonchev–Trinajstić information content (AvgIpc) is 2.94. The Morgan fingerprint density at radius 1 is 1.19 bits per heavy atom. The molecule has 0 aliphatic rings. The number of aromatic nitrogens is 1. The van der Waals surface area contributed by atoms with E-state index in [9.17, 15) is 14.7 Å². The Balaban J connectivity index is 2.08. The van der Waals surface area contributed by atoms with Crippen molar-refractivity contribution in [1.29, 1.82) is 0 Å². The minimum Gasteiger partial charge on any atom is -0.464 e. The number of hydrogen-bond donors (Lipinski definition) is 1. The number of halogens is 1. The van der Waals surface area contributed by atoms with Gasteiger partial charge in [-0.25, -0.2) is 9.80 Å². The fraction of sp³-hybridized carbons (Fsp3) is 0.150. The van der Waals surface area contributed by atoms with Crippen molar-refractivity contribution in [2.45, 2.75) is 20.8 Å². The first-order valence-electron chi connectivity index (χ1n) is 8.24. The number of fused-ring (bicyclic) bond motifs is 1. The Kier molecular flexibility index (Phi) is 5.01. The molecule has 0 spiro atoms. The number of aryl methyl sites for hydroxylation is 2. The van der Waals surface area contributed by atoms with Gasteiger partial charge in [0.05, 0.1) is 17.4 Å². The minimum absolute atomic E-state index is 0.247. The maximum atomic E-state index is 12.1. The van der Waals surface area contributed by atoms with E-state index in [4.69, 9.17) is 11.6 Å². The molecule has 1 aromatic heterocycles. The third kappa shape index (κ3) is 3.71. The molecule has 0 radical (unpaired) electrons. The Labute approximate surface area is 161 Å². The molecule has 1 N–H and O–H groups in total. The number of carbonyl (C=O) groups excluding carboxylic acids is 1. The highest BCUT2D eigenvalue weighted by atomic mass is 35.5. The highest BCUT2D eigenvalue weighted by Crippen LogP contribution is 2.25. The number of benzene rings is 2. The lowest BCUT2D eigenvalue weighted by Crippen LogP contribution is -2.23. The van der Waals surface area contributed by atoms with Crippen molar-refractivity contribution in [3.8, 4) is 0 Å². The molecule has 0 aliphatic carbocycles. The first-order chi connectivity index (χ1) is 12.8. The third-order valence-corrected chi connectivity index (χ3v) is 4.43. The number of amides is 1. The number of rotatable bonds is 3. The summed E-state index contributed by atoms with van der Waals surface area (Å²) in [5.74, 6) is -0.247. The molecule has 7 heteroatoms. The summed E-state index contributed by atoms with van der Waals surface area (Å²) in [6.45, 7) is 5.31. The smallest absolute Gasteiger partial charge is 0.416 e. The van der Waals surface area contributed by atoms with Crippen molar-refractivity contribution in [2.24, 2.45) is 5.10 Å². The number of anilines is 1. The first-order valence-corrected chi connectivity index (χ1v) is 8.61. The zero-order chi connectivity index (χ0) is 19.7. The maximum absolute atomic E-state index is 12.1. The summed E-state index contributed by atoms with van der Waals surface area (Å²) in [7, 11) is 0. The highest BCUT2D eigenvalue weighted by Gasteiger charge is 2.15. The number of carbonyl (C=O) groups is 2. The van der Waals surface area contributed by atoms with Gasteiger partial charge in [0.1, 0.15) is 0 Å². The largest absolute Gasteiger partial charge is 0.464 e. The van der Waals surface area contributed by atoms with E-state index in [-0.39, 0.29) is 5.91 Å². The van der Waals surface area contributed by atoms with Gasteiger partial charge >= 0.3 is 6.09 Å². The summed E-state index contributed by atoms with van der Waals surface area (Å²) < 4.78 is 1.08. The van der Waals surface area contributed by atoms with Gasteiger partial charge in [-0.1, -0.05) is 35.4 Å². The lowest BCUT2D eigenvalue weighted by atomic mass is 10.1. The second-order valence-corrected chi connectivity index (χ2v) is 6.70. The van der Waals surface area contributed by atoms with Gasteiger partial charge in [0.2, 0.25) is 5.91 Å². The Hall–Kier alpha value is -3.12. The normalized spacial score (nSPS) is 11.3. The van der Waals surface area contributed by atoms with Crippen LogP contribution in [-0.2, 0) is 4.79 Å². The number of nitrogens with zero attached hydrogens (tertiary/aromatic N) is 3. The SMILES string of the molecule is CC(=O)N(/N=C/c1cn(C(=O)O)c2cc(Cl)ccc12)c1ccc(C)cc1C. The van der Waals surface area contributed by atoms with Crippen LogP contribution in [0.25, 0.3) is 10.9 Å². The average molecular weight is 384 g/mol. The summed E-state index contributed by atoms with van der Waals surface area (Å²) in [6.07, 6.45) is 1.81. The van der Waals surface area contributed by atoms with Crippen LogP contribution in [-0.4, -0.2) is 27.9 Å². The van der Waals surface area contributed by atoms with E-state index >= 15 is 0 Å². The third-order valence-electron chi connectivity index (χ3n) is 4.20. The first kappa shape index (κ1) is 18.7. The van der Waals surface area contributed by atoms with E-state index in [1.165, 1.54) is 24.3 Å². The van der Waals surface area contributed by atoms with E-state index in [2.05, 4.69) is 5.10 Å². The molecule has 0 atom stereocenters. The van der Waals surface area contributed by atoms with Crippen LogP contribution in [0.1, 0.15) is 23.6 Å². The van der Waals surface area contributed by atoms with Gasteiger partial charge < -0.3 is 5.11 Å². The van der Waals surface area contributed by atoms with Crippen molar-refractivity contribution < 1.29 is 14.7 Å². The Morgan fingerprint density at radius 3 is 2.56 bits per heavy atom. The fourth-order valence-electron chi connectivity index (χ4n) is 2.96. The number of hydrogen-bond acceptors (Lipinski definition) is 3. The van der Waals surface area contributed by atoms with Gasteiger partial charge in [0.25, 0.3) is 0 Å². The summed E-state index contributed by atoms with van der Waals surface area (Å²) in [6, 6.07) is 10.7. The fourth-order valence-corrected chi connectivity index (χ4v) is 3.13. The van der Waals surface area contributed by atoms with Crippen molar-refractivity contribution in [3.63, 3.8) is 0 Å². The molecular formula is C20H18ClN3O3. The van der Waals surface area contributed by atoms with Gasteiger partial charge in [-0.05, 0) is 37.6 Å². The molecule has 0 saturated heterocycles. The van der Waals surface area contributed by atoms with Crippen LogP contribution in [0.15, 0.2) is 47.7 Å². The van der Waals surface area contributed by atoms with Crippen molar-refractivity contribution in [3.05, 3.63) is 64.3 Å². The lowest BCUT2D eigenvalue weighted by Gasteiger charge is -2.17. The van der Waals surface area contributed by atoms with Crippen molar-refractivity contribution in [1.82, 2.24) is 4.57 Å². The molecule has 138 valence electrons. The van der Waals surface area contributed by atoms with Crippen LogP contribution >= 0.6 is 11.6 Å². The molecule has 3 rings (SSSR count). The molecule has 0 bridgehead atoms. The molecule has 1 heterocycles. The zero-order valence-electron chi connectivity index (χ0n) is 15.1. The molecule has 0 saturated carbocycles. The van der Waals surface area contributed by atoms with Gasteiger partial charge in [-0.15, -0.1) is 0 Å². The van der Waals surface area contributed by atoms with E-state index < -0.39 is 6.09 Å². The van der Waals surface area contributed by atoms with Crippen LogP contribution in [0.5, 0.6) is 0 Å². The summed E-state index contributed by atoms with van der Waals surface area (Å²) in [4.78, 5) is 23.6. The molecular weight excluding hydrogens is 366 g/mol. The summed E-state index contributed by atoms with van der Waals surface area (Å²) in [5.41, 5.74) is 3.71. The minimum atomic E-state index is -1.13. The van der Waals surface area contributed by atoms with Crippen LogP contribution < -0.4 is 5.01 Å². The van der Waals surface area contributed by atoms with Gasteiger partial charge in [0.15, 0.2) is 0 Å². The molecule has 3 aromatic rings. The van der Waals surface area contributed by atoms with Crippen LogP contribution in [0, 0.1) is 13.8 Å². The van der Waals surface area contributed by atoms with Gasteiger partial charge in [0, 0.05) is 29.1 Å². The van der Waals surface area contributed by atoms with Gasteiger partial charge in [-0.2, -0.15) is 5.10 Å². The molecule has 0 fully saturated rings. The molecule has 2 aromatic carbocycles. The van der Waals surface area contributed by atoms with Gasteiger partial charge in [-0.3, -0.25) is 9.36 Å². The van der Waals surface area contributed by atoms with E-state index in [1.54, 1.807) is 18.2 Å². The quantitative estimate of drug-likeness (QED) is 0.520. The van der Waals surface area contributed by atoms with E-state index in [0.29, 0.717) is 27.2 Å². The predicted octanol–water partition coefficient (Wildman–Crippen LogP) is 4.82. The number of carboxylic acid groups (broad SMARTS) is 1. The molecule has 0 aliphatic heterocycles. The summed E-state index contributed by atoms with van der Waals surface area (Å²) in [5, 5.41) is 16.1. The second kappa shape index (κ2) is 7.25.